The molecule has 16 heavy (non-hydrogen) atoms. The molecule has 0 spiro atoms. The number of ether oxygens (including phenoxy) is 1. The summed E-state index contributed by atoms with van der Waals surface area (Å²) in [6.07, 6.45) is -0.477. The van der Waals surface area contributed by atoms with Crippen LogP contribution in [-0.4, -0.2) is 19.0 Å². The SMILES string of the molecule is COC(=O)CC(=O)Nc1ccc(F)c(F)c1. The van der Waals surface area contributed by atoms with Crippen LogP contribution in [0.4, 0.5) is 14.5 Å². The van der Waals surface area contributed by atoms with Crippen LogP contribution in [-0.2, 0) is 14.3 Å². The number of methoxy groups -OCH3 is 1. The first-order valence-electron chi connectivity index (χ1n) is 4.34. The molecule has 6 heteroatoms. The highest BCUT2D eigenvalue weighted by molar-refractivity contribution is 6.01. The highest BCUT2D eigenvalue weighted by Crippen LogP contribution is 2.13. The second-order valence-corrected chi connectivity index (χ2v) is 2.93. The number of esters is 1. The Labute approximate surface area is 90.2 Å². The summed E-state index contributed by atoms with van der Waals surface area (Å²) in [5, 5.41) is 2.23. The van der Waals surface area contributed by atoms with Crippen LogP contribution in [0.2, 0.25) is 0 Å². The van der Waals surface area contributed by atoms with Crippen LogP contribution in [0, 0.1) is 11.6 Å². The van der Waals surface area contributed by atoms with E-state index in [1.807, 2.05) is 0 Å². The lowest BCUT2D eigenvalue weighted by molar-refractivity contribution is -0.142. The van der Waals surface area contributed by atoms with Crippen LogP contribution in [0.1, 0.15) is 6.42 Å². The minimum absolute atomic E-state index is 0.0767. The maximum atomic E-state index is 12.7. The molecule has 0 aromatic heterocycles. The Kier molecular flexibility index (Phi) is 3.93. The van der Waals surface area contributed by atoms with Crippen molar-refractivity contribution in [3.05, 3.63) is 29.8 Å². The molecule has 0 unspecified atom stereocenters. The molecule has 86 valence electrons. The molecule has 0 heterocycles. The number of rotatable bonds is 3. The largest absolute Gasteiger partial charge is 0.469 e. The summed E-state index contributed by atoms with van der Waals surface area (Å²) >= 11 is 0. The topological polar surface area (TPSA) is 55.4 Å². The maximum absolute atomic E-state index is 12.7. The lowest BCUT2D eigenvalue weighted by Gasteiger charge is -2.04. The highest BCUT2D eigenvalue weighted by atomic mass is 19.2. The number of amides is 1. The Hall–Kier alpha value is -1.98. The van der Waals surface area contributed by atoms with Crippen molar-refractivity contribution in [3.63, 3.8) is 0 Å². The molecule has 0 aliphatic heterocycles. The van der Waals surface area contributed by atoms with Gasteiger partial charge in [-0.1, -0.05) is 0 Å². The zero-order chi connectivity index (χ0) is 12.1. The molecule has 0 atom stereocenters. The van der Waals surface area contributed by atoms with Gasteiger partial charge in [0.25, 0.3) is 0 Å². The van der Waals surface area contributed by atoms with E-state index >= 15 is 0 Å². The van der Waals surface area contributed by atoms with E-state index in [1.165, 1.54) is 6.07 Å². The Morgan fingerprint density at radius 1 is 1.31 bits per heavy atom. The molecule has 1 N–H and O–H groups in total. The number of anilines is 1. The maximum Gasteiger partial charge on any atom is 0.315 e. The molecule has 0 saturated heterocycles. The van der Waals surface area contributed by atoms with Gasteiger partial charge in [-0.15, -0.1) is 0 Å². The van der Waals surface area contributed by atoms with Gasteiger partial charge in [0.1, 0.15) is 6.42 Å². The second kappa shape index (κ2) is 5.20. The van der Waals surface area contributed by atoms with Crippen LogP contribution >= 0.6 is 0 Å². The number of hydrogen-bond donors (Lipinski definition) is 1. The van der Waals surface area contributed by atoms with E-state index in [2.05, 4.69) is 10.1 Å². The van der Waals surface area contributed by atoms with Gasteiger partial charge in [0.15, 0.2) is 11.6 Å². The van der Waals surface area contributed by atoms with Crippen molar-refractivity contribution in [2.45, 2.75) is 6.42 Å². The van der Waals surface area contributed by atoms with Crippen molar-refractivity contribution in [3.8, 4) is 0 Å². The molecule has 1 rings (SSSR count). The van der Waals surface area contributed by atoms with Gasteiger partial charge in [0, 0.05) is 11.8 Å². The average Bonchev–Trinajstić information content (AvgIpc) is 2.23. The summed E-state index contributed by atoms with van der Waals surface area (Å²) in [5.74, 6) is -3.44. The van der Waals surface area contributed by atoms with Crippen molar-refractivity contribution in [2.24, 2.45) is 0 Å². The molecule has 1 amide bonds. The lowest BCUT2D eigenvalue weighted by atomic mass is 10.3. The van der Waals surface area contributed by atoms with Crippen LogP contribution in [0.25, 0.3) is 0 Å². The minimum Gasteiger partial charge on any atom is -0.469 e. The summed E-state index contributed by atoms with van der Waals surface area (Å²) < 4.78 is 29.5. The minimum atomic E-state index is -1.07. The molecule has 0 bridgehead atoms. The van der Waals surface area contributed by atoms with Crippen LogP contribution in [0.3, 0.4) is 0 Å². The fourth-order valence-electron chi connectivity index (χ4n) is 0.982. The number of halogens is 2. The zero-order valence-electron chi connectivity index (χ0n) is 8.42. The second-order valence-electron chi connectivity index (χ2n) is 2.93. The molecule has 4 nitrogen and oxygen atoms in total. The lowest BCUT2D eigenvalue weighted by Crippen LogP contribution is -2.17. The van der Waals surface area contributed by atoms with Crippen molar-refractivity contribution in [1.82, 2.24) is 0 Å². The summed E-state index contributed by atoms with van der Waals surface area (Å²) in [7, 11) is 1.15. The number of carbonyl (C=O) groups is 2. The molecule has 1 aromatic rings. The molecule has 0 aliphatic carbocycles. The van der Waals surface area contributed by atoms with E-state index in [1.54, 1.807) is 0 Å². The van der Waals surface area contributed by atoms with Crippen molar-refractivity contribution >= 4 is 17.6 Å². The fourth-order valence-corrected chi connectivity index (χ4v) is 0.982. The zero-order valence-corrected chi connectivity index (χ0v) is 8.42. The average molecular weight is 229 g/mol. The van der Waals surface area contributed by atoms with E-state index in [4.69, 9.17) is 0 Å². The van der Waals surface area contributed by atoms with Gasteiger partial charge in [-0.25, -0.2) is 8.78 Å². The van der Waals surface area contributed by atoms with Gasteiger partial charge >= 0.3 is 5.97 Å². The number of benzene rings is 1. The van der Waals surface area contributed by atoms with Crippen molar-refractivity contribution in [2.75, 3.05) is 12.4 Å². The van der Waals surface area contributed by atoms with E-state index in [0.29, 0.717) is 0 Å². The normalized spacial score (nSPS) is 9.69. The first-order chi connectivity index (χ1) is 7.52. The Morgan fingerprint density at radius 2 is 2.00 bits per heavy atom. The third-order valence-corrected chi connectivity index (χ3v) is 1.74. The predicted octanol–water partition coefficient (Wildman–Crippen LogP) is 1.47. The number of carbonyl (C=O) groups excluding carboxylic acids is 2. The van der Waals surface area contributed by atoms with E-state index < -0.39 is 29.9 Å². The van der Waals surface area contributed by atoms with Crippen LogP contribution in [0.15, 0.2) is 18.2 Å². The standard InChI is InChI=1S/C10H9F2NO3/c1-16-10(15)5-9(14)13-6-2-3-7(11)8(12)4-6/h2-4H,5H2,1H3,(H,13,14). The van der Waals surface area contributed by atoms with Gasteiger partial charge in [-0.2, -0.15) is 0 Å². The molecule has 0 aliphatic rings. The highest BCUT2D eigenvalue weighted by Gasteiger charge is 2.10. The first-order valence-corrected chi connectivity index (χ1v) is 4.34. The Morgan fingerprint density at radius 3 is 2.56 bits per heavy atom. The summed E-state index contributed by atoms with van der Waals surface area (Å²) in [6, 6.07) is 2.89. The van der Waals surface area contributed by atoms with E-state index in [9.17, 15) is 18.4 Å². The smallest absolute Gasteiger partial charge is 0.315 e. The van der Waals surface area contributed by atoms with Crippen molar-refractivity contribution < 1.29 is 23.1 Å². The number of hydrogen-bond acceptors (Lipinski definition) is 3. The van der Waals surface area contributed by atoms with Gasteiger partial charge in [0.05, 0.1) is 7.11 Å². The van der Waals surface area contributed by atoms with Gasteiger partial charge < -0.3 is 10.1 Å². The first kappa shape index (κ1) is 12.1. The third kappa shape index (κ3) is 3.30. The van der Waals surface area contributed by atoms with E-state index in [0.717, 1.165) is 19.2 Å². The fraction of sp³-hybridized carbons (Fsp3) is 0.200. The number of nitrogens with one attached hydrogen (secondary N) is 1. The van der Waals surface area contributed by atoms with E-state index in [-0.39, 0.29) is 5.69 Å². The molecule has 1 aromatic carbocycles. The summed E-state index contributed by atoms with van der Waals surface area (Å²) in [4.78, 5) is 21.9. The van der Waals surface area contributed by atoms with Gasteiger partial charge in [-0.05, 0) is 12.1 Å². The van der Waals surface area contributed by atoms with Gasteiger partial charge in [-0.3, -0.25) is 9.59 Å². The molecule has 0 fully saturated rings. The van der Waals surface area contributed by atoms with Crippen LogP contribution in [0.5, 0.6) is 0 Å². The summed E-state index contributed by atoms with van der Waals surface area (Å²) in [6.45, 7) is 0. The Balaban J connectivity index is 2.63. The monoisotopic (exact) mass is 229 g/mol. The third-order valence-electron chi connectivity index (χ3n) is 1.74. The molecule has 0 radical (unpaired) electrons. The predicted molar refractivity (Wildman–Crippen MR) is 51.6 cm³/mol. The van der Waals surface area contributed by atoms with Crippen LogP contribution < -0.4 is 5.32 Å². The Bertz CT molecular complexity index is 421. The summed E-state index contributed by atoms with van der Waals surface area (Å²) in [5.41, 5.74) is 0.0767. The quantitative estimate of drug-likeness (QED) is 0.630. The molecular formula is C10H9F2NO3. The molecular weight excluding hydrogens is 220 g/mol. The molecule has 0 saturated carbocycles. The van der Waals surface area contributed by atoms with Crippen molar-refractivity contribution in [1.29, 1.82) is 0 Å². The van der Waals surface area contributed by atoms with Gasteiger partial charge in [0.2, 0.25) is 5.91 Å².